The van der Waals surface area contributed by atoms with E-state index >= 15 is 0 Å². The maximum Gasteiger partial charge on any atom is 0.187 e. The van der Waals surface area contributed by atoms with Crippen LogP contribution in [0.15, 0.2) is 134 Å². The van der Waals surface area contributed by atoms with E-state index in [9.17, 15) is 30.6 Å². The number of hydrogen-bond donors (Lipinski definition) is 6. The summed E-state index contributed by atoms with van der Waals surface area (Å²) >= 11 is 0. The Morgan fingerprint density at radius 1 is 0.431 bits per heavy atom. The Bertz CT molecular complexity index is 1950. The van der Waals surface area contributed by atoms with Gasteiger partial charge in [0.05, 0.1) is 52.9 Å². The van der Waals surface area contributed by atoms with Gasteiger partial charge in [0.2, 0.25) is 0 Å². The summed E-state index contributed by atoms with van der Waals surface area (Å²) in [7, 11) is 0. The molecule has 16 heteroatoms. The lowest BCUT2D eigenvalue weighted by molar-refractivity contribution is -0.384. The average Bonchev–Trinajstić information content (AvgIpc) is 3.34. The average molecular weight is 905 g/mol. The normalized spacial score (nSPS) is 32.8. The summed E-state index contributed by atoms with van der Waals surface area (Å²) in [6, 6.07) is 38.4. The van der Waals surface area contributed by atoms with Crippen molar-refractivity contribution in [3.8, 4) is 0 Å². The van der Waals surface area contributed by atoms with E-state index in [-0.39, 0.29) is 39.6 Å². The first-order valence-corrected chi connectivity index (χ1v) is 21.8. The van der Waals surface area contributed by atoms with E-state index in [1.54, 1.807) is 0 Å². The fourth-order valence-electron chi connectivity index (χ4n) is 8.02. The summed E-state index contributed by atoms with van der Waals surface area (Å²) in [6.45, 7) is 2.85. The Labute approximate surface area is 378 Å². The predicted molar refractivity (Wildman–Crippen MR) is 231 cm³/mol. The zero-order valence-electron chi connectivity index (χ0n) is 35.9. The molecule has 3 saturated heterocycles. The lowest BCUT2D eigenvalue weighted by Crippen LogP contribution is -2.67. The van der Waals surface area contributed by atoms with Gasteiger partial charge in [-0.25, -0.2) is 0 Å². The number of aliphatic hydroxyl groups excluding tert-OH is 6. The lowest BCUT2D eigenvalue weighted by atomic mass is 9.95. The van der Waals surface area contributed by atoms with Crippen LogP contribution >= 0.6 is 0 Å². The van der Waals surface area contributed by atoms with Crippen LogP contribution in [0.3, 0.4) is 0 Å². The second kappa shape index (κ2) is 24.7. The van der Waals surface area contributed by atoms with Gasteiger partial charge in [-0.2, -0.15) is 0 Å². The molecular formula is C49H60O16. The molecule has 4 aromatic rings. The SMILES string of the molecule is C=CCO[C@H]1O[C@@H](CO)[C@H](O[C@@H]2O[C@H](CO)[C@H](O[C@H]3O[C@H](COCc4ccccc4)[C@H](OCc4ccccc4)[C@H](OCc4ccccc4)[C@H]3OCc3ccccc3)[C@H](O)[C@H]2O)[C@@H](O)[C@@H]1O. The molecule has 65 heavy (non-hydrogen) atoms. The van der Waals surface area contributed by atoms with Crippen molar-refractivity contribution >= 4 is 0 Å². The molecular weight excluding hydrogens is 845 g/mol. The van der Waals surface area contributed by atoms with Crippen molar-refractivity contribution in [2.45, 2.75) is 119 Å². The highest BCUT2D eigenvalue weighted by atomic mass is 16.8. The second-order valence-corrected chi connectivity index (χ2v) is 16.1. The van der Waals surface area contributed by atoms with Gasteiger partial charge in [0.15, 0.2) is 18.9 Å². The minimum absolute atomic E-state index is 0.0135. The molecule has 0 amide bonds. The van der Waals surface area contributed by atoms with Crippen LogP contribution < -0.4 is 0 Å². The molecule has 4 aromatic carbocycles. The van der Waals surface area contributed by atoms with Crippen LogP contribution in [0.4, 0.5) is 0 Å². The third-order valence-electron chi connectivity index (χ3n) is 11.4. The number of ether oxygens (including phenoxy) is 10. The van der Waals surface area contributed by atoms with Crippen LogP contribution in [0, 0.1) is 0 Å². The molecule has 3 heterocycles. The van der Waals surface area contributed by atoms with Gasteiger partial charge < -0.3 is 78.0 Å². The van der Waals surface area contributed by atoms with E-state index < -0.39 is 105 Å². The molecule has 0 spiro atoms. The summed E-state index contributed by atoms with van der Waals surface area (Å²) in [5.74, 6) is 0. The first kappa shape index (κ1) is 48.9. The third kappa shape index (κ3) is 12.9. The summed E-state index contributed by atoms with van der Waals surface area (Å²) in [5.41, 5.74) is 3.56. The van der Waals surface area contributed by atoms with E-state index in [0.29, 0.717) is 0 Å². The molecule has 3 aliphatic heterocycles. The number of hydrogen-bond acceptors (Lipinski definition) is 16. The summed E-state index contributed by atoms with van der Waals surface area (Å²) in [6.07, 6.45) is -19.1. The van der Waals surface area contributed by atoms with Gasteiger partial charge in [-0.05, 0) is 22.3 Å². The van der Waals surface area contributed by atoms with Crippen LogP contribution in [-0.4, -0.2) is 149 Å². The molecule has 352 valence electrons. The van der Waals surface area contributed by atoms with Gasteiger partial charge >= 0.3 is 0 Å². The Hall–Kier alpha value is -4.02. The van der Waals surface area contributed by atoms with Crippen molar-refractivity contribution in [2.24, 2.45) is 0 Å². The quantitative estimate of drug-likeness (QED) is 0.0626. The van der Waals surface area contributed by atoms with E-state index in [1.165, 1.54) is 6.08 Å². The van der Waals surface area contributed by atoms with Gasteiger partial charge in [-0.15, -0.1) is 6.58 Å². The second-order valence-electron chi connectivity index (χ2n) is 16.1. The summed E-state index contributed by atoms with van der Waals surface area (Å²) in [5, 5.41) is 66.1. The number of aliphatic hydroxyl groups is 6. The van der Waals surface area contributed by atoms with Gasteiger partial charge in [-0.3, -0.25) is 0 Å². The zero-order chi connectivity index (χ0) is 45.5. The lowest BCUT2D eigenvalue weighted by Gasteiger charge is -2.49. The molecule has 3 aliphatic rings. The fraction of sp³-hybridized carbons (Fsp3) is 0.469. The minimum atomic E-state index is -1.86. The largest absolute Gasteiger partial charge is 0.394 e. The zero-order valence-corrected chi connectivity index (χ0v) is 35.9. The van der Waals surface area contributed by atoms with Crippen molar-refractivity contribution in [3.05, 3.63) is 156 Å². The van der Waals surface area contributed by atoms with Crippen LogP contribution in [0.1, 0.15) is 22.3 Å². The van der Waals surface area contributed by atoms with Crippen molar-refractivity contribution in [2.75, 3.05) is 26.4 Å². The molecule has 0 saturated carbocycles. The molecule has 0 unspecified atom stereocenters. The fourth-order valence-corrected chi connectivity index (χ4v) is 8.02. The van der Waals surface area contributed by atoms with Gasteiger partial charge in [0.25, 0.3) is 0 Å². The smallest absolute Gasteiger partial charge is 0.187 e. The Morgan fingerprint density at radius 2 is 0.831 bits per heavy atom. The van der Waals surface area contributed by atoms with Crippen LogP contribution in [-0.2, 0) is 73.8 Å². The Kier molecular flexibility index (Phi) is 18.6. The van der Waals surface area contributed by atoms with Crippen molar-refractivity contribution in [1.29, 1.82) is 0 Å². The van der Waals surface area contributed by atoms with Crippen LogP contribution in [0.25, 0.3) is 0 Å². The first-order valence-electron chi connectivity index (χ1n) is 21.8. The molecule has 7 rings (SSSR count). The molecule has 0 bridgehead atoms. The van der Waals surface area contributed by atoms with E-state index in [0.717, 1.165) is 22.3 Å². The van der Waals surface area contributed by atoms with E-state index in [2.05, 4.69) is 6.58 Å². The summed E-state index contributed by atoms with van der Waals surface area (Å²) < 4.78 is 62.9. The standard InChI is InChI=1S/C49H60O16/c1-2-23-57-47-40(54)38(52)42(35(24-50)61-47)64-48-41(55)39(53)43(36(25-51)62-48)65-49-46(60-29-34-21-13-6-14-22-34)45(59-28-33-19-11-5-12-20-33)44(58-27-32-17-9-4-10-18-32)37(63-49)30-56-26-31-15-7-3-8-16-31/h2-22,35-55H,1,23-30H2/t35-,36+,37+,38-,39+,40-,41+,42-,43-,44-,45-,46+,47-,48-,49+/m0/s1. The maximum atomic E-state index is 11.8. The molecule has 0 aromatic heterocycles. The minimum Gasteiger partial charge on any atom is -0.394 e. The van der Waals surface area contributed by atoms with Crippen molar-refractivity contribution < 1.29 is 78.0 Å². The van der Waals surface area contributed by atoms with E-state index in [4.69, 9.17) is 47.4 Å². The maximum absolute atomic E-state index is 11.8. The topological polar surface area (TPSA) is 214 Å². The highest BCUT2D eigenvalue weighted by Gasteiger charge is 2.55. The molecule has 0 aliphatic carbocycles. The molecule has 16 nitrogen and oxygen atoms in total. The number of benzene rings is 4. The monoisotopic (exact) mass is 904 g/mol. The molecule has 3 fully saturated rings. The van der Waals surface area contributed by atoms with Crippen molar-refractivity contribution in [1.82, 2.24) is 0 Å². The number of rotatable bonds is 22. The Morgan fingerprint density at radius 3 is 1.31 bits per heavy atom. The molecule has 0 radical (unpaired) electrons. The Balaban J connectivity index is 1.17. The van der Waals surface area contributed by atoms with E-state index in [1.807, 2.05) is 121 Å². The van der Waals surface area contributed by atoms with Crippen molar-refractivity contribution in [3.63, 3.8) is 0 Å². The summed E-state index contributed by atoms with van der Waals surface area (Å²) in [4.78, 5) is 0. The highest BCUT2D eigenvalue weighted by molar-refractivity contribution is 5.16. The first-order chi connectivity index (χ1) is 31.8. The molecule has 15 atom stereocenters. The van der Waals surface area contributed by atoms with Crippen LogP contribution in [0.2, 0.25) is 0 Å². The van der Waals surface area contributed by atoms with Crippen LogP contribution in [0.5, 0.6) is 0 Å². The highest BCUT2D eigenvalue weighted by Crippen LogP contribution is 2.36. The van der Waals surface area contributed by atoms with Gasteiger partial charge in [-0.1, -0.05) is 127 Å². The molecule has 6 N–H and O–H groups in total. The third-order valence-corrected chi connectivity index (χ3v) is 11.4. The van der Waals surface area contributed by atoms with Gasteiger partial charge in [0.1, 0.15) is 73.2 Å². The van der Waals surface area contributed by atoms with Gasteiger partial charge in [0, 0.05) is 0 Å². The predicted octanol–water partition coefficient (Wildman–Crippen LogP) is 2.54.